The monoisotopic (exact) mass is 268 g/mol. The lowest BCUT2D eigenvalue weighted by molar-refractivity contribution is 0.102. The van der Waals surface area contributed by atoms with E-state index in [1.165, 1.54) is 5.56 Å². The summed E-state index contributed by atoms with van der Waals surface area (Å²) in [6, 6.07) is 7.58. The van der Waals surface area contributed by atoms with E-state index < -0.39 is 0 Å². The first-order valence-corrected chi connectivity index (χ1v) is 6.62. The highest BCUT2D eigenvalue weighted by atomic mass is 16.1. The van der Waals surface area contributed by atoms with Crippen LogP contribution < -0.4 is 10.6 Å². The quantitative estimate of drug-likeness (QED) is 0.877. The molecule has 3 rings (SSSR count). The van der Waals surface area contributed by atoms with Crippen molar-refractivity contribution in [3.8, 4) is 0 Å². The Labute approximate surface area is 117 Å². The van der Waals surface area contributed by atoms with Crippen LogP contribution in [-0.4, -0.2) is 22.4 Å². The van der Waals surface area contributed by atoms with E-state index in [2.05, 4.69) is 20.6 Å². The molecule has 0 unspecified atom stereocenters. The van der Waals surface area contributed by atoms with E-state index in [9.17, 15) is 4.79 Å². The highest BCUT2D eigenvalue weighted by Gasteiger charge is 2.14. The van der Waals surface area contributed by atoms with Gasteiger partial charge in [0.25, 0.3) is 5.91 Å². The van der Waals surface area contributed by atoms with Crippen LogP contribution in [0.25, 0.3) is 0 Å². The van der Waals surface area contributed by atoms with Gasteiger partial charge in [-0.3, -0.25) is 10.1 Å². The molecule has 1 amide bonds. The van der Waals surface area contributed by atoms with Gasteiger partial charge in [-0.15, -0.1) is 0 Å². The summed E-state index contributed by atoms with van der Waals surface area (Å²) in [5.74, 6) is 0.160. The Morgan fingerprint density at radius 1 is 1.20 bits per heavy atom. The third-order valence-corrected chi connectivity index (χ3v) is 3.29. The number of rotatable bonds is 2. The van der Waals surface area contributed by atoms with E-state index in [1.54, 1.807) is 0 Å². The number of aromatic nitrogens is 2. The van der Waals surface area contributed by atoms with Gasteiger partial charge in [-0.25, -0.2) is 9.97 Å². The lowest BCUT2D eigenvalue weighted by atomic mass is 10.1. The van der Waals surface area contributed by atoms with Gasteiger partial charge in [0, 0.05) is 29.2 Å². The first-order valence-electron chi connectivity index (χ1n) is 6.62. The highest BCUT2D eigenvalue weighted by Crippen LogP contribution is 2.23. The Hall–Kier alpha value is -2.43. The molecule has 2 heterocycles. The number of benzene rings is 1. The van der Waals surface area contributed by atoms with Crippen LogP contribution in [0.2, 0.25) is 0 Å². The molecule has 2 N–H and O–H groups in total. The van der Waals surface area contributed by atoms with E-state index in [4.69, 9.17) is 0 Å². The molecule has 1 aliphatic rings. The second-order valence-electron chi connectivity index (χ2n) is 4.98. The minimum Gasteiger partial charge on any atom is -0.384 e. The van der Waals surface area contributed by atoms with E-state index in [1.807, 2.05) is 38.1 Å². The van der Waals surface area contributed by atoms with Crippen molar-refractivity contribution in [2.45, 2.75) is 20.3 Å². The third kappa shape index (κ3) is 2.47. The van der Waals surface area contributed by atoms with Gasteiger partial charge >= 0.3 is 0 Å². The van der Waals surface area contributed by atoms with Gasteiger partial charge in [-0.05, 0) is 44.0 Å². The SMILES string of the molecule is Cc1cc(C)nc(NC(=O)c2ccc3c(c2)NCC3)n1. The van der Waals surface area contributed by atoms with Crippen LogP contribution in [0, 0.1) is 13.8 Å². The zero-order valence-electron chi connectivity index (χ0n) is 11.5. The molecular formula is C15H16N4O. The number of hydrogen-bond donors (Lipinski definition) is 2. The molecule has 0 aliphatic carbocycles. The first-order chi connectivity index (χ1) is 9.61. The van der Waals surface area contributed by atoms with Crippen molar-refractivity contribution < 1.29 is 4.79 Å². The van der Waals surface area contributed by atoms with Crippen LogP contribution in [0.5, 0.6) is 0 Å². The second kappa shape index (κ2) is 4.92. The Morgan fingerprint density at radius 3 is 2.70 bits per heavy atom. The number of carbonyl (C=O) groups excluding carboxylic acids is 1. The third-order valence-electron chi connectivity index (χ3n) is 3.29. The molecule has 5 nitrogen and oxygen atoms in total. The summed E-state index contributed by atoms with van der Waals surface area (Å²) in [6.45, 7) is 4.69. The number of fused-ring (bicyclic) bond motifs is 1. The number of carbonyl (C=O) groups is 1. The number of amides is 1. The maximum Gasteiger partial charge on any atom is 0.258 e. The summed E-state index contributed by atoms with van der Waals surface area (Å²) >= 11 is 0. The normalized spacial score (nSPS) is 12.7. The van der Waals surface area contributed by atoms with Crippen molar-refractivity contribution in [2.75, 3.05) is 17.2 Å². The van der Waals surface area contributed by atoms with Crippen LogP contribution >= 0.6 is 0 Å². The van der Waals surface area contributed by atoms with Crippen molar-refractivity contribution >= 4 is 17.5 Å². The van der Waals surface area contributed by atoms with Crippen molar-refractivity contribution in [3.05, 3.63) is 46.8 Å². The number of aryl methyl sites for hydroxylation is 2. The summed E-state index contributed by atoms with van der Waals surface area (Å²) in [7, 11) is 0. The molecule has 1 aromatic heterocycles. The molecule has 20 heavy (non-hydrogen) atoms. The van der Waals surface area contributed by atoms with Gasteiger partial charge in [0.15, 0.2) is 0 Å². The Morgan fingerprint density at radius 2 is 1.95 bits per heavy atom. The molecule has 0 fully saturated rings. The predicted molar refractivity (Wildman–Crippen MR) is 78.1 cm³/mol. The number of nitrogens with zero attached hydrogens (tertiary/aromatic N) is 2. The summed E-state index contributed by atoms with van der Waals surface area (Å²) < 4.78 is 0. The summed E-state index contributed by atoms with van der Waals surface area (Å²) in [5, 5.41) is 6.01. The first kappa shape index (κ1) is 12.6. The molecule has 0 saturated carbocycles. The van der Waals surface area contributed by atoms with Gasteiger partial charge in [-0.2, -0.15) is 0 Å². The largest absolute Gasteiger partial charge is 0.384 e. The van der Waals surface area contributed by atoms with Crippen LogP contribution in [0.3, 0.4) is 0 Å². The van der Waals surface area contributed by atoms with Crippen LogP contribution in [0.15, 0.2) is 24.3 Å². The Bertz CT molecular complexity index is 661. The van der Waals surface area contributed by atoms with Gasteiger partial charge < -0.3 is 5.32 Å². The van der Waals surface area contributed by atoms with E-state index in [0.717, 1.165) is 30.0 Å². The predicted octanol–water partition coefficient (Wildman–Crippen LogP) is 2.31. The molecule has 2 aromatic rings. The maximum atomic E-state index is 12.2. The average molecular weight is 268 g/mol. The fraction of sp³-hybridized carbons (Fsp3) is 0.267. The Kier molecular flexibility index (Phi) is 3.10. The smallest absolute Gasteiger partial charge is 0.258 e. The van der Waals surface area contributed by atoms with Crippen LogP contribution in [0.1, 0.15) is 27.3 Å². The molecule has 0 spiro atoms. The van der Waals surface area contributed by atoms with Crippen molar-refractivity contribution in [1.29, 1.82) is 0 Å². The molecule has 1 aliphatic heterocycles. The van der Waals surface area contributed by atoms with Gasteiger partial charge in [-0.1, -0.05) is 6.07 Å². The second-order valence-corrected chi connectivity index (χ2v) is 4.98. The van der Waals surface area contributed by atoms with Crippen molar-refractivity contribution in [3.63, 3.8) is 0 Å². The topological polar surface area (TPSA) is 66.9 Å². The molecule has 1 aromatic carbocycles. The number of hydrogen-bond acceptors (Lipinski definition) is 4. The summed E-state index contributed by atoms with van der Waals surface area (Å²) in [4.78, 5) is 20.6. The van der Waals surface area contributed by atoms with Gasteiger partial charge in [0.1, 0.15) is 0 Å². The molecule has 0 bridgehead atoms. The van der Waals surface area contributed by atoms with Crippen LogP contribution in [0.4, 0.5) is 11.6 Å². The standard InChI is InChI=1S/C15H16N4O/c1-9-7-10(2)18-15(17-9)19-14(20)12-4-3-11-5-6-16-13(11)8-12/h3-4,7-8,16H,5-6H2,1-2H3,(H,17,18,19,20). The number of anilines is 2. The summed E-state index contributed by atoms with van der Waals surface area (Å²) in [6.07, 6.45) is 1.01. The highest BCUT2D eigenvalue weighted by molar-refractivity contribution is 6.04. The van der Waals surface area contributed by atoms with Gasteiger partial charge in [0.2, 0.25) is 5.95 Å². The molecular weight excluding hydrogens is 252 g/mol. The van der Waals surface area contributed by atoms with E-state index in [0.29, 0.717) is 11.5 Å². The van der Waals surface area contributed by atoms with Crippen molar-refractivity contribution in [2.24, 2.45) is 0 Å². The molecule has 0 atom stereocenters. The number of nitrogens with one attached hydrogen (secondary N) is 2. The molecule has 0 saturated heterocycles. The fourth-order valence-electron chi connectivity index (χ4n) is 2.39. The average Bonchev–Trinajstić information content (AvgIpc) is 2.84. The Balaban J connectivity index is 1.82. The van der Waals surface area contributed by atoms with E-state index in [-0.39, 0.29) is 5.91 Å². The lowest BCUT2D eigenvalue weighted by Gasteiger charge is -2.07. The van der Waals surface area contributed by atoms with Crippen LogP contribution in [-0.2, 0) is 6.42 Å². The van der Waals surface area contributed by atoms with Gasteiger partial charge in [0.05, 0.1) is 0 Å². The van der Waals surface area contributed by atoms with Crippen molar-refractivity contribution in [1.82, 2.24) is 9.97 Å². The van der Waals surface area contributed by atoms with E-state index >= 15 is 0 Å². The minimum absolute atomic E-state index is 0.188. The fourth-order valence-corrected chi connectivity index (χ4v) is 2.39. The molecule has 102 valence electrons. The summed E-state index contributed by atoms with van der Waals surface area (Å²) in [5.41, 5.74) is 4.58. The maximum absolute atomic E-state index is 12.2. The molecule has 0 radical (unpaired) electrons. The molecule has 5 heteroatoms. The zero-order chi connectivity index (χ0) is 14.1. The minimum atomic E-state index is -0.188. The zero-order valence-corrected chi connectivity index (χ0v) is 11.5. The lowest BCUT2D eigenvalue weighted by Crippen LogP contribution is -2.15.